The highest BCUT2D eigenvalue weighted by atomic mass is 16.5. The van der Waals surface area contributed by atoms with Crippen molar-refractivity contribution in [1.82, 2.24) is 0 Å². The highest BCUT2D eigenvalue weighted by Gasteiger charge is 2.38. The number of hydrogen-bond acceptors (Lipinski definition) is 3. The van der Waals surface area contributed by atoms with Crippen LogP contribution in [-0.2, 0) is 9.53 Å². The third kappa shape index (κ3) is 4.27. The predicted molar refractivity (Wildman–Crippen MR) is 104 cm³/mol. The lowest BCUT2D eigenvalue weighted by Crippen LogP contribution is -2.32. The van der Waals surface area contributed by atoms with Crippen molar-refractivity contribution < 1.29 is 14.6 Å². The van der Waals surface area contributed by atoms with Gasteiger partial charge in [-0.2, -0.15) is 0 Å². The van der Waals surface area contributed by atoms with Gasteiger partial charge >= 0.3 is 5.97 Å². The minimum absolute atomic E-state index is 0.0285. The lowest BCUT2D eigenvalue weighted by molar-refractivity contribution is -0.156. The van der Waals surface area contributed by atoms with Gasteiger partial charge in [-0.15, -0.1) is 0 Å². The maximum Gasteiger partial charge on any atom is 0.309 e. The lowest BCUT2D eigenvalue weighted by Gasteiger charge is -2.43. The molecule has 1 aliphatic heterocycles. The Balaban J connectivity index is 1.99. The molecule has 26 heavy (non-hydrogen) atoms. The molecule has 3 heteroatoms. The quantitative estimate of drug-likeness (QED) is 0.785. The van der Waals surface area contributed by atoms with Gasteiger partial charge in [-0.3, -0.25) is 4.79 Å². The minimum atomic E-state index is -0.605. The molecule has 1 aromatic carbocycles. The summed E-state index contributed by atoms with van der Waals surface area (Å²) < 4.78 is 5.39. The van der Waals surface area contributed by atoms with Gasteiger partial charge in [0.15, 0.2) is 0 Å². The van der Waals surface area contributed by atoms with Crippen LogP contribution in [0.1, 0.15) is 58.9 Å². The molecule has 1 heterocycles. The zero-order chi connectivity index (χ0) is 18.9. The van der Waals surface area contributed by atoms with E-state index in [0.717, 1.165) is 12.8 Å². The Labute approximate surface area is 156 Å². The first kappa shape index (κ1) is 18.9. The average Bonchev–Trinajstić information content (AvgIpc) is 2.51. The van der Waals surface area contributed by atoms with Crippen molar-refractivity contribution in [3.8, 4) is 0 Å². The first-order valence-corrected chi connectivity index (χ1v) is 9.51. The van der Waals surface area contributed by atoms with E-state index in [1.807, 2.05) is 12.1 Å². The van der Waals surface area contributed by atoms with E-state index in [1.54, 1.807) is 0 Å². The van der Waals surface area contributed by atoms with Crippen LogP contribution in [0.4, 0.5) is 0 Å². The molecule has 1 saturated heterocycles. The Morgan fingerprint density at radius 2 is 1.85 bits per heavy atom. The fourth-order valence-electron chi connectivity index (χ4n) is 4.69. The maximum atomic E-state index is 11.6. The molecule has 3 rings (SSSR count). The number of benzene rings is 1. The number of carbonyl (C=O) groups is 1. The number of hydrogen-bond donors (Lipinski definition) is 1. The van der Waals surface area contributed by atoms with Crippen molar-refractivity contribution in [1.29, 1.82) is 0 Å². The van der Waals surface area contributed by atoms with Crippen LogP contribution in [0.5, 0.6) is 0 Å². The van der Waals surface area contributed by atoms with Crippen LogP contribution in [-0.4, -0.2) is 23.3 Å². The normalized spacial score (nSPS) is 28.3. The van der Waals surface area contributed by atoms with Crippen LogP contribution in [0.2, 0.25) is 0 Å². The maximum absolute atomic E-state index is 11.6. The summed E-state index contributed by atoms with van der Waals surface area (Å²) in [5, 5.41) is 9.84. The van der Waals surface area contributed by atoms with E-state index < -0.39 is 6.10 Å². The molecule has 140 valence electrons. The average molecular weight is 354 g/mol. The van der Waals surface area contributed by atoms with Gasteiger partial charge in [0, 0.05) is 6.42 Å². The van der Waals surface area contributed by atoms with Crippen molar-refractivity contribution in [2.24, 2.45) is 10.8 Å². The van der Waals surface area contributed by atoms with Crippen LogP contribution in [0.3, 0.4) is 0 Å². The third-order valence-electron chi connectivity index (χ3n) is 5.42. The molecule has 3 nitrogen and oxygen atoms in total. The molecule has 0 radical (unpaired) electrons. The van der Waals surface area contributed by atoms with E-state index >= 15 is 0 Å². The number of carbonyl (C=O) groups excluding carboxylic acids is 1. The van der Waals surface area contributed by atoms with Crippen molar-refractivity contribution >= 4 is 11.5 Å². The third-order valence-corrected chi connectivity index (χ3v) is 5.42. The largest absolute Gasteiger partial charge is 0.458 e. The van der Waals surface area contributed by atoms with Crippen molar-refractivity contribution in [2.75, 3.05) is 0 Å². The molecule has 0 saturated carbocycles. The lowest BCUT2D eigenvalue weighted by atomic mass is 9.61. The summed E-state index contributed by atoms with van der Waals surface area (Å²) >= 11 is 0. The monoisotopic (exact) mass is 354 g/mol. The van der Waals surface area contributed by atoms with Crippen LogP contribution in [0.15, 0.2) is 48.1 Å². The first-order chi connectivity index (χ1) is 12.2. The number of rotatable bonds is 3. The van der Waals surface area contributed by atoms with Gasteiger partial charge in [-0.25, -0.2) is 0 Å². The van der Waals surface area contributed by atoms with Crippen LogP contribution in [0.25, 0.3) is 5.57 Å². The predicted octanol–water partition coefficient (Wildman–Crippen LogP) is 4.91. The number of ether oxygens (including phenoxy) is 1. The van der Waals surface area contributed by atoms with Gasteiger partial charge in [0.1, 0.15) is 6.10 Å². The number of aliphatic hydroxyl groups excluding tert-OH is 1. The van der Waals surface area contributed by atoms with Crippen LogP contribution < -0.4 is 0 Å². The van der Waals surface area contributed by atoms with E-state index in [-0.39, 0.29) is 29.3 Å². The van der Waals surface area contributed by atoms with Crippen molar-refractivity contribution in [3.05, 3.63) is 53.6 Å². The summed E-state index contributed by atoms with van der Waals surface area (Å²) in [5.74, 6) is -0.320. The molecule has 2 aliphatic rings. The highest BCUT2D eigenvalue weighted by Crippen LogP contribution is 2.52. The van der Waals surface area contributed by atoms with E-state index in [2.05, 4.69) is 58.0 Å². The Hall–Kier alpha value is -1.87. The van der Waals surface area contributed by atoms with E-state index in [9.17, 15) is 9.90 Å². The second kappa shape index (κ2) is 7.03. The minimum Gasteiger partial charge on any atom is -0.458 e. The second-order valence-corrected chi connectivity index (χ2v) is 9.14. The molecule has 0 spiro atoms. The van der Waals surface area contributed by atoms with Gasteiger partial charge in [0.05, 0.1) is 12.5 Å². The van der Waals surface area contributed by atoms with E-state index in [4.69, 9.17) is 4.74 Å². The molecule has 1 aliphatic carbocycles. The number of esters is 1. The standard InChI is InChI=1S/C23H30O3/c1-22(2)14-19(16-8-6-5-7-9-16)20(23(3,4)15-22)11-10-18-12-17(24)13-21(25)26-18/h5-11,17-18,24H,12-15H2,1-4H3/b11-10+/t17-,18-/m1/s1. The van der Waals surface area contributed by atoms with Gasteiger partial charge in [0.2, 0.25) is 0 Å². The van der Waals surface area contributed by atoms with Crippen LogP contribution in [0, 0.1) is 10.8 Å². The Morgan fingerprint density at radius 1 is 1.15 bits per heavy atom. The highest BCUT2D eigenvalue weighted by molar-refractivity contribution is 5.74. The molecule has 1 aromatic rings. The van der Waals surface area contributed by atoms with Crippen molar-refractivity contribution in [3.63, 3.8) is 0 Å². The van der Waals surface area contributed by atoms with E-state index in [1.165, 1.54) is 16.7 Å². The SMILES string of the molecule is CC1(C)CC(c2ccccc2)=C(/C=C/[C@@H]2C[C@@H](O)CC(=O)O2)C(C)(C)C1. The zero-order valence-corrected chi connectivity index (χ0v) is 16.3. The van der Waals surface area contributed by atoms with Crippen molar-refractivity contribution in [2.45, 2.75) is 65.6 Å². The Bertz CT molecular complexity index is 725. The molecule has 1 fully saturated rings. The van der Waals surface area contributed by atoms with Gasteiger partial charge in [0.25, 0.3) is 0 Å². The van der Waals surface area contributed by atoms with Gasteiger partial charge < -0.3 is 9.84 Å². The molecule has 1 N–H and O–H groups in total. The molecule has 0 amide bonds. The first-order valence-electron chi connectivity index (χ1n) is 9.51. The Morgan fingerprint density at radius 3 is 2.50 bits per heavy atom. The number of allylic oxidation sites excluding steroid dienone is 3. The summed E-state index contributed by atoms with van der Waals surface area (Å²) in [6.45, 7) is 9.24. The molecule has 2 atom stereocenters. The molecular formula is C23H30O3. The molecule has 0 unspecified atom stereocenters. The smallest absolute Gasteiger partial charge is 0.309 e. The topological polar surface area (TPSA) is 46.5 Å². The zero-order valence-electron chi connectivity index (χ0n) is 16.3. The van der Waals surface area contributed by atoms with Gasteiger partial charge in [-0.05, 0) is 46.5 Å². The fourth-order valence-corrected chi connectivity index (χ4v) is 4.69. The van der Waals surface area contributed by atoms with Gasteiger partial charge in [-0.1, -0.05) is 64.1 Å². The second-order valence-electron chi connectivity index (χ2n) is 9.14. The van der Waals surface area contributed by atoms with Crippen LogP contribution >= 0.6 is 0 Å². The Kier molecular flexibility index (Phi) is 5.12. The summed E-state index contributed by atoms with van der Waals surface area (Å²) in [6.07, 6.45) is 5.83. The van der Waals surface area contributed by atoms with E-state index in [0.29, 0.717) is 6.42 Å². The molecule has 0 aromatic heterocycles. The molecular weight excluding hydrogens is 324 g/mol. The summed E-state index contributed by atoms with van der Waals surface area (Å²) in [4.78, 5) is 11.6. The summed E-state index contributed by atoms with van der Waals surface area (Å²) in [5.41, 5.74) is 4.19. The molecule has 0 bridgehead atoms. The fraction of sp³-hybridized carbons (Fsp3) is 0.522. The number of aliphatic hydroxyl groups is 1. The number of cyclic esters (lactones) is 1. The summed E-state index contributed by atoms with van der Waals surface area (Å²) in [7, 11) is 0. The summed E-state index contributed by atoms with van der Waals surface area (Å²) in [6, 6.07) is 10.5.